The fourth-order valence-corrected chi connectivity index (χ4v) is 3.33. The van der Waals surface area contributed by atoms with Gasteiger partial charge in [-0.15, -0.1) is 11.3 Å². The number of nitrogens with zero attached hydrogens (tertiary/aromatic N) is 2. The molecule has 1 aliphatic heterocycles. The molecule has 2 rings (SSSR count). The summed E-state index contributed by atoms with van der Waals surface area (Å²) in [4.78, 5) is 18.3. The van der Waals surface area contributed by atoms with Gasteiger partial charge in [-0.25, -0.2) is 9.78 Å². The van der Waals surface area contributed by atoms with Crippen molar-refractivity contribution in [2.24, 2.45) is 0 Å². The molecule has 1 aromatic heterocycles. The second kappa shape index (κ2) is 8.34. The Hall–Kier alpha value is -1.14. The van der Waals surface area contributed by atoms with Crippen molar-refractivity contribution in [2.45, 2.75) is 45.6 Å². The normalized spacial score (nSPS) is 19.4. The molecule has 1 aliphatic rings. The largest absolute Gasteiger partial charge is 0.461 e. The molecule has 0 aromatic carbocycles. The van der Waals surface area contributed by atoms with Gasteiger partial charge in [-0.3, -0.25) is 0 Å². The average molecular weight is 311 g/mol. The standard InChI is InChI=1S/C15H25N3O2S/c1-3-20-14(19)13-11-21-15(17-13)16-8-6-10-18-9-5-4-7-12(18)2/h11-12H,3-10H2,1-2H3,(H,16,17). The molecule has 1 aromatic rings. The van der Waals surface area contributed by atoms with Crippen LogP contribution in [0.4, 0.5) is 5.13 Å². The lowest BCUT2D eigenvalue weighted by Crippen LogP contribution is -2.38. The molecule has 1 saturated heterocycles. The molecular formula is C15H25N3O2S. The highest BCUT2D eigenvalue weighted by Crippen LogP contribution is 2.18. The Morgan fingerprint density at radius 1 is 1.57 bits per heavy atom. The maximum atomic E-state index is 11.5. The smallest absolute Gasteiger partial charge is 0.357 e. The topological polar surface area (TPSA) is 54.5 Å². The fraction of sp³-hybridized carbons (Fsp3) is 0.733. The van der Waals surface area contributed by atoms with E-state index in [1.54, 1.807) is 12.3 Å². The number of ether oxygens (including phenoxy) is 1. The molecule has 1 N–H and O–H groups in total. The van der Waals surface area contributed by atoms with E-state index in [2.05, 4.69) is 22.1 Å². The maximum absolute atomic E-state index is 11.5. The van der Waals surface area contributed by atoms with Crippen LogP contribution in [0.3, 0.4) is 0 Å². The quantitative estimate of drug-likeness (QED) is 0.620. The number of thiazole rings is 1. The summed E-state index contributed by atoms with van der Waals surface area (Å²) in [5.74, 6) is -0.344. The molecule has 5 nitrogen and oxygen atoms in total. The second-order valence-corrected chi connectivity index (χ2v) is 6.28. The molecular weight excluding hydrogens is 286 g/mol. The van der Waals surface area contributed by atoms with E-state index in [0.717, 1.165) is 24.6 Å². The summed E-state index contributed by atoms with van der Waals surface area (Å²) in [6.07, 6.45) is 5.11. The van der Waals surface area contributed by atoms with Crippen LogP contribution < -0.4 is 5.32 Å². The van der Waals surface area contributed by atoms with Gasteiger partial charge in [0, 0.05) is 24.5 Å². The third kappa shape index (κ3) is 4.97. The number of piperidine rings is 1. The molecule has 0 aliphatic carbocycles. The van der Waals surface area contributed by atoms with Crippen LogP contribution in [0.5, 0.6) is 0 Å². The highest BCUT2D eigenvalue weighted by Gasteiger charge is 2.17. The Bertz CT molecular complexity index is 450. The predicted molar refractivity (Wildman–Crippen MR) is 86.1 cm³/mol. The molecule has 21 heavy (non-hydrogen) atoms. The van der Waals surface area contributed by atoms with Gasteiger partial charge in [-0.2, -0.15) is 0 Å². The van der Waals surface area contributed by atoms with Crippen LogP contribution in [-0.4, -0.2) is 48.1 Å². The van der Waals surface area contributed by atoms with E-state index in [4.69, 9.17) is 4.74 Å². The van der Waals surface area contributed by atoms with E-state index in [9.17, 15) is 4.79 Å². The minimum atomic E-state index is -0.344. The minimum Gasteiger partial charge on any atom is -0.461 e. The van der Waals surface area contributed by atoms with E-state index < -0.39 is 0 Å². The van der Waals surface area contributed by atoms with Gasteiger partial charge in [0.2, 0.25) is 0 Å². The molecule has 6 heteroatoms. The molecule has 1 unspecified atom stereocenters. The summed E-state index contributed by atoms with van der Waals surface area (Å²) in [5.41, 5.74) is 0.397. The van der Waals surface area contributed by atoms with Crippen molar-refractivity contribution in [1.82, 2.24) is 9.88 Å². The molecule has 0 saturated carbocycles. The number of hydrogen-bond acceptors (Lipinski definition) is 6. The molecule has 0 bridgehead atoms. The molecule has 1 atom stereocenters. The first-order chi connectivity index (χ1) is 10.2. The maximum Gasteiger partial charge on any atom is 0.357 e. The van der Waals surface area contributed by atoms with E-state index in [1.165, 1.54) is 37.1 Å². The highest BCUT2D eigenvalue weighted by atomic mass is 32.1. The number of anilines is 1. The van der Waals surface area contributed by atoms with Gasteiger partial charge in [0.05, 0.1) is 6.61 Å². The van der Waals surface area contributed by atoms with Crippen LogP contribution in [0.2, 0.25) is 0 Å². The Kier molecular flexibility index (Phi) is 6.45. The SMILES string of the molecule is CCOC(=O)c1csc(NCCCN2CCCCC2C)n1. The number of esters is 1. The first kappa shape index (κ1) is 16.2. The third-order valence-electron chi connectivity index (χ3n) is 3.83. The van der Waals surface area contributed by atoms with Gasteiger partial charge < -0.3 is 15.0 Å². The number of carbonyl (C=O) groups excluding carboxylic acids is 1. The summed E-state index contributed by atoms with van der Waals surface area (Å²) >= 11 is 1.45. The number of hydrogen-bond donors (Lipinski definition) is 1. The number of nitrogens with one attached hydrogen (secondary N) is 1. The second-order valence-electron chi connectivity index (χ2n) is 5.42. The lowest BCUT2D eigenvalue weighted by molar-refractivity contribution is 0.0520. The van der Waals surface area contributed by atoms with Crippen LogP contribution in [0.1, 0.15) is 50.0 Å². The number of carbonyl (C=O) groups is 1. The van der Waals surface area contributed by atoms with Crippen molar-refractivity contribution in [1.29, 1.82) is 0 Å². The van der Waals surface area contributed by atoms with Crippen LogP contribution in [0.25, 0.3) is 0 Å². The fourth-order valence-electron chi connectivity index (χ4n) is 2.62. The highest BCUT2D eigenvalue weighted by molar-refractivity contribution is 7.13. The third-order valence-corrected chi connectivity index (χ3v) is 4.63. The van der Waals surface area contributed by atoms with Crippen LogP contribution in [-0.2, 0) is 4.74 Å². The summed E-state index contributed by atoms with van der Waals surface area (Å²) < 4.78 is 4.93. The van der Waals surface area contributed by atoms with Gasteiger partial charge in [0.25, 0.3) is 0 Å². The van der Waals surface area contributed by atoms with Crippen LogP contribution in [0.15, 0.2) is 5.38 Å². The number of rotatable bonds is 7. The van der Waals surface area contributed by atoms with Crippen molar-refractivity contribution in [3.05, 3.63) is 11.1 Å². The monoisotopic (exact) mass is 311 g/mol. The van der Waals surface area contributed by atoms with Crippen molar-refractivity contribution in [3.8, 4) is 0 Å². The van der Waals surface area contributed by atoms with Gasteiger partial charge >= 0.3 is 5.97 Å². The Morgan fingerprint density at radius 2 is 2.43 bits per heavy atom. The van der Waals surface area contributed by atoms with Gasteiger partial charge in [0.15, 0.2) is 10.8 Å². The molecule has 0 amide bonds. The van der Waals surface area contributed by atoms with E-state index in [1.807, 2.05) is 0 Å². The van der Waals surface area contributed by atoms with E-state index in [0.29, 0.717) is 18.3 Å². The van der Waals surface area contributed by atoms with Gasteiger partial charge in [-0.05, 0) is 39.7 Å². The summed E-state index contributed by atoms with van der Waals surface area (Å²) in [5, 5.41) is 5.83. The molecule has 0 radical (unpaired) electrons. The van der Waals surface area contributed by atoms with E-state index >= 15 is 0 Å². The van der Waals surface area contributed by atoms with Crippen molar-refractivity contribution in [2.75, 3.05) is 31.6 Å². The lowest BCUT2D eigenvalue weighted by Gasteiger charge is -2.33. The van der Waals surface area contributed by atoms with Gasteiger partial charge in [-0.1, -0.05) is 6.42 Å². The van der Waals surface area contributed by atoms with Crippen LogP contribution in [0, 0.1) is 0 Å². The van der Waals surface area contributed by atoms with Crippen molar-refractivity contribution in [3.63, 3.8) is 0 Å². The number of likely N-dealkylation sites (tertiary alicyclic amines) is 1. The summed E-state index contributed by atoms with van der Waals surface area (Å²) in [6.45, 7) is 7.74. The van der Waals surface area contributed by atoms with Crippen LogP contribution >= 0.6 is 11.3 Å². The Morgan fingerprint density at radius 3 is 3.19 bits per heavy atom. The van der Waals surface area contributed by atoms with Crippen molar-refractivity contribution < 1.29 is 9.53 Å². The minimum absolute atomic E-state index is 0.344. The molecule has 1 fully saturated rings. The van der Waals surface area contributed by atoms with Crippen molar-refractivity contribution >= 4 is 22.4 Å². The summed E-state index contributed by atoms with van der Waals surface area (Å²) in [7, 11) is 0. The lowest BCUT2D eigenvalue weighted by atomic mass is 10.0. The van der Waals surface area contributed by atoms with E-state index in [-0.39, 0.29) is 5.97 Å². The zero-order valence-corrected chi connectivity index (χ0v) is 13.7. The number of aromatic nitrogens is 1. The van der Waals surface area contributed by atoms with Gasteiger partial charge in [0.1, 0.15) is 0 Å². The average Bonchev–Trinajstić information content (AvgIpc) is 2.94. The first-order valence-electron chi connectivity index (χ1n) is 7.81. The first-order valence-corrected chi connectivity index (χ1v) is 8.69. The molecule has 118 valence electrons. The predicted octanol–water partition coefficient (Wildman–Crippen LogP) is 3.00. The zero-order valence-electron chi connectivity index (χ0n) is 12.9. The summed E-state index contributed by atoms with van der Waals surface area (Å²) in [6, 6.07) is 0.717. The Labute approximate surface area is 130 Å². The molecule has 2 heterocycles. The Balaban J connectivity index is 1.67. The molecule has 0 spiro atoms. The zero-order chi connectivity index (χ0) is 15.1.